The number of nitriles is 1. The monoisotopic (exact) mass is 179 g/mol. The second kappa shape index (κ2) is 5.27. The van der Waals surface area contributed by atoms with E-state index in [1.165, 1.54) is 0 Å². The molecule has 0 aliphatic heterocycles. The van der Waals surface area contributed by atoms with E-state index in [1.54, 1.807) is 6.33 Å². The molecule has 5 nitrogen and oxygen atoms in total. The van der Waals surface area contributed by atoms with Crippen LogP contribution in [0.1, 0.15) is 19.2 Å². The Balaban J connectivity index is 2.32. The van der Waals surface area contributed by atoms with Gasteiger partial charge in [0, 0.05) is 19.5 Å². The Bertz CT molecular complexity index is 285. The van der Waals surface area contributed by atoms with E-state index >= 15 is 0 Å². The minimum absolute atomic E-state index is 0.528. The van der Waals surface area contributed by atoms with Crippen LogP contribution in [0.15, 0.2) is 6.33 Å². The zero-order valence-corrected chi connectivity index (χ0v) is 7.69. The van der Waals surface area contributed by atoms with Crippen LogP contribution < -0.4 is 5.32 Å². The van der Waals surface area contributed by atoms with Gasteiger partial charge in [-0.3, -0.25) is 0 Å². The van der Waals surface area contributed by atoms with Gasteiger partial charge in [-0.2, -0.15) is 5.26 Å². The fourth-order valence-corrected chi connectivity index (χ4v) is 1.02. The zero-order valence-electron chi connectivity index (χ0n) is 7.69. The molecule has 0 aliphatic rings. The van der Waals surface area contributed by atoms with Crippen molar-refractivity contribution >= 4 is 0 Å². The van der Waals surface area contributed by atoms with Crippen molar-refractivity contribution in [3.05, 3.63) is 12.2 Å². The number of rotatable bonds is 5. The lowest BCUT2D eigenvalue weighted by Gasteiger charge is -2.02. The van der Waals surface area contributed by atoms with Crippen molar-refractivity contribution in [2.45, 2.75) is 26.4 Å². The Morgan fingerprint density at radius 1 is 1.69 bits per heavy atom. The van der Waals surface area contributed by atoms with Crippen LogP contribution in [0.25, 0.3) is 0 Å². The van der Waals surface area contributed by atoms with Crippen molar-refractivity contribution in [1.82, 2.24) is 20.1 Å². The number of aryl methyl sites for hydroxylation is 1. The molecule has 1 aromatic rings. The summed E-state index contributed by atoms with van der Waals surface area (Å²) in [5.41, 5.74) is 0. The van der Waals surface area contributed by atoms with Gasteiger partial charge in [0.05, 0.1) is 12.6 Å². The first-order valence-electron chi connectivity index (χ1n) is 4.32. The molecular weight excluding hydrogens is 166 g/mol. The Kier molecular flexibility index (Phi) is 3.93. The summed E-state index contributed by atoms with van der Waals surface area (Å²) in [7, 11) is 0. The summed E-state index contributed by atoms with van der Waals surface area (Å²) in [6.45, 7) is 4.30. The highest BCUT2D eigenvalue weighted by Crippen LogP contribution is 1.93. The number of nitrogens with one attached hydrogen (secondary N) is 1. The minimum atomic E-state index is 0.528. The Hall–Kier alpha value is -1.41. The van der Waals surface area contributed by atoms with Crippen LogP contribution in [0, 0.1) is 11.3 Å². The lowest BCUT2D eigenvalue weighted by molar-refractivity contribution is 0.617. The molecule has 0 aliphatic carbocycles. The zero-order chi connectivity index (χ0) is 9.52. The summed E-state index contributed by atoms with van der Waals surface area (Å²) in [5, 5.41) is 19.2. The first-order valence-corrected chi connectivity index (χ1v) is 4.32. The van der Waals surface area contributed by atoms with Crippen LogP contribution in [-0.4, -0.2) is 21.3 Å². The van der Waals surface area contributed by atoms with Crippen LogP contribution in [0.2, 0.25) is 0 Å². The predicted molar refractivity (Wildman–Crippen MR) is 47.6 cm³/mol. The van der Waals surface area contributed by atoms with E-state index in [1.807, 2.05) is 11.5 Å². The molecule has 0 saturated heterocycles. The largest absolute Gasteiger partial charge is 0.317 e. The number of hydrogen-bond acceptors (Lipinski definition) is 4. The second-order valence-corrected chi connectivity index (χ2v) is 2.62. The molecule has 0 bridgehead atoms. The fraction of sp³-hybridized carbons (Fsp3) is 0.625. The summed E-state index contributed by atoms with van der Waals surface area (Å²) >= 11 is 0. The SMILES string of the molecule is CCn1cnnc1CNCCC#N. The Morgan fingerprint density at radius 3 is 3.23 bits per heavy atom. The highest BCUT2D eigenvalue weighted by atomic mass is 15.3. The maximum atomic E-state index is 8.30. The molecule has 0 amide bonds. The molecule has 0 atom stereocenters. The van der Waals surface area contributed by atoms with Crippen molar-refractivity contribution in [3.63, 3.8) is 0 Å². The molecule has 70 valence electrons. The molecule has 0 saturated carbocycles. The van der Waals surface area contributed by atoms with Gasteiger partial charge in [0.25, 0.3) is 0 Å². The molecule has 13 heavy (non-hydrogen) atoms. The average Bonchev–Trinajstić information content (AvgIpc) is 2.60. The van der Waals surface area contributed by atoms with E-state index in [4.69, 9.17) is 5.26 Å². The molecule has 5 heteroatoms. The van der Waals surface area contributed by atoms with Crippen LogP contribution in [0.3, 0.4) is 0 Å². The van der Waals surface area contributed by atoms with E-state index < -0.39 is 0 Å². The third kappa shape index (κ3) is 2.84. The van der Waals surface area contributed by atoms with Crippen molar-refractivity contribution in [2.24, 2.45) is 0 Å². The summed E-state index contributed by atoms with van der Waals surface area (Å²) in [6, 6.07) is 2.07. The summed E-state index contributed by atoms with van der Waals surface area (Å²) in [6.07, 6.45) is 2.24. The first kappa shape index (κ1) is 9.68. The topological polar surface area (TPSA) is 66.5 Å². The van der Waals surface area contributed by atoms with Crippen molar-refractivity contribution < 1.29 is 0 Å². The number of hydrogen-bond donors (Lipinski definition) is 1. The van der Waals surface area contributed by atoms with Gasteiger partial charge in [0.2, 0.25) is 0 Å². The van der Waals surface area contributed by atoms with Gasteiger partial charge in [-0.15, -0.1) is 10.2 Å². The molecule has 1 aromatic heterocycles. The van der Waals surface area contributed by atoms with Crippen LogP contribution in [-0.2, 0) is 13.1 Å². The Labute approximate surface area is 77.4 Å². The molecule has 1 rings (SSSR count). The van der Waals surface area contributed by atoms with Gasteiger partial charge < -0.3 is 9.88 Å². The highest BCUT2D eigenvalue weighted by Gasteiger charge is 2.00. The second-order valence-electron chi connectivity index (χ2n) is 2.62. The van der Waals surface area contributed by atoms with Gasteiger partial charge in [0.15, 0.2) is 0 Å². The summed E-state index contributed by atoms with van der Waals surface area (Å²) in [5.74, 6) is 0.917. The average molecular weight is 179 g/mol. The molecule has 0 radical (unpaired) electrons. The predicted octanol–water partition coefficient (Wildman–Crippen LogP) is 0.301. The van der Waals surface area contributed by atoms with E-state index in [2.05, 4.69) is 21.6 Å². The van der Waals surface area contributed by atoms with Crippen molar-refractivity contribution in [2.75, 3.05) is 6.54 Å². The van der Waals surface area contributed by atoms with E-state index in [0.29, 0.717) is 19.5 Å². The fourth-order valence-electron chi connectivity index (χ4n) is 1.02. The van der Waals surface area contributed by atoms with Crippen LogP contribution in [0.5, 0.6) is 0 Å². The molecular formula is C8H13N5. The third-order valence-corrected chi connectivity index (χ3v) is 1.73. The van der Waals surface area contributed by atoms with E-state index in [9.17, 15) is 0 Å². The smallest absolute Gasteiger partial charge is 0.146 e. The van der Waals surface area contributed by atoms with Gasteiger partial charge in [-0.1, -0.05) is 0 Å². The number of aromatic nitrogens is 3. The quantitative estimate of drug-likeness (QED) is 0.660. The maximum absolute atomic E-state index is 8.30. The van der Waals surface area contributed by atoms with E-state index in [-0.39, 0.29) is 0 Å². The van der Waals surface area contributed by atoms with Gasteiger partial charge >= 0.3 is 0 Å². The molecule has 1 N–H and O–H groups in total. The minimum Gasteiger partial charge on any atom is -0.317 e. The van der Waals surface area contributed by atoms with Crippen LogP contribution in [0.4, 0.5) is 0 Å². The standard InChI is InChI=1S/C8H13N5/c1-2-13-7-11-12-8(13)6-10-5-3-4-9/h7,10H,2-3,5-6H2,1H3. The maximum Gasteiger partial charge on any atom is 0.146 e. The molecule has 0 aromatic carbocycles. The number of nitrogens with zero attached hydrogens (tertiary/aromatic N) is 4. The lowest BCUT2D eigenvalue weighted by atomic mass is 10.4. The third-order valence-electron chi connectivity index (χ3n) is 1.73. The van der Waals surface area contributed by atoms with Crippen molar-refractivity contribution in [1.29, 1.82) is 5.26 Å². The van der Waals surface area contributed by atoms with Gasteiger partial charge in [0.1, 0.15) is 12.2 Å². The summed E-state index contributed by atoms with van der Waals surface area (Å²) < 4.78 is 1.97. The Morgan fingerprint density at radius 2 is 2.54 bits per heavy atom. The molecule has 0 spiro atoms. The van der Waals surface area contributed by atoms with Crippen LogP contribution >= 0.6 is 0 Å². The normalized spacial score (nSPS) is 9.85. The highest BCUT2D eigenvalue weighted by molar-refractivity contribution is 4.84. The summed E-state index contributed by atoms with van der Waals surface area (Å²) in [4.78, 5) is 0. The molecule has 1 heterocycles. The lowest BCUT2D eigenvalue weighted by Crippen LogP contribution is -2.17. The van der Waals surface area contributed by atoms with Gasteiger partial charge in [-0.05, 0) is 6.92 Å². The molecule has 0 unspecified atom stereocenters. The first-order chi connectivity index (χ1) is 6.38. The molecule has 0 fully saturated rings. The van der Waals surface area contributed by atoms with Crippen molar-refractivity contribution in [3.8, 4) is 6.07 Å². The van der Waals surface area contributed by atoms with Gasteiger partial charge in [-0.25, -0.2) is 0 Å². The van der Waals surface area contributed by atoms with E-state index in [0.717, 1.165) is 12.4 Å².